The van der Waals surface area contributed by atoms with E-state index in [0.717, 1.165) is 12.0 Å². The van der Waals surface area contributed by atoms with Crippen molar-refractivity contribution < 1.29 is 9.31 Å². The number of halogens is 2. The number of nitrogens with zero attached hydrogens (tertiary/aromatic N) is 1. The van der Waals surface area contributed by atoms with Crippen LogP contribution in [0.3, 0.4) is 0 Å². The Balaban J connectivity index is 2.37. The molecule has 0 heterocycles. The second-order valence-corrected chi connectivity index (χ2v) is 5.72. The predicted molar refractivity (Wildman–Crippen MR) is 88.9 cm³/mol. The minimum absolute atomic E-state index is 0.107. The molecule has 0 aliphatic rings. The van der Waals surface area contributed by atoms with Gasteiger partial charge in [0.15, 0.2) is 0 Å². The average molecular weight is 400 g/mol. The number of hydrogen-bond donors (Lipinski definition) is 1. The third-order valence-electron chi connectivity index (χ3n) is 3.18. The smallest absolute Gasteiger partial charge is 0.293 e. The fraction of sp³-hybridized carbons (Fsp3) is 0.200. The number of anilines is 1. The van der Waals surface area contributed by atoms with Crippen LogP contribution in [0.25, 0.3) is 0 Å². The molecule has 2 aromatic rings. The van der Waals surface area contributed by atoms with E-state index in [2.05, 4.69) is 5.32 Å². The largest absolute Gasteiger partial charge is 0.373 e. The van der Waals surface area contributed by atoms with Gasteiger partial charge in [-0.2, -0.15) is 0 Å². The first-order chi connectivity index (χ1) is 10.0. The standard InChI is InChI=1S/C15H14FIN2O2/c1-2-13(10-6-4-3-5-7-10)18-14-8-11(16)12(17)9-15(14)19(20)21/h3-9,13,18H,2H2,1H3. The summed E-state index contributed by atoms with van der Waals surface area (Å²) in [5.41, 5.74) is 1.09. The lowest BCUT2D eigenvalue weighted by molar-refractivity contribution is -0.384. The fourth-order valence-electron chi connectivity index (χ4n) is 2.10. The molecule has 1 atom stereocenters. The summed E-state index contributed by atoms with van der Waals surface area (Å²) < 4.78 is 13.9. The predicted octanol–water partition coefficient (Wildman–Crippen LogP) is 4.90. The molecule has 0 radical (unpaired) electrons. The van der Waals surface area contributed by atoms with Crippen molar-refractivity contribution in [2.45, 2.75) is 19.4 Å². The Kier molecular flexibility index (Phi) is 5.11. The minimum atomic E-state index is -0.498. The molecule has 2 rings (SSSR count). The molecule has 1 N–H and O–H groups in total. The summed E-state index contributed by atoms with van der Waals surface area (Å²) in [6.45, 7) is 1.97. The van der Waals surface area contributed by atoms with Gasteiger partial charge in [-0.05, 0) is 34.6 Å². The van der Waals surface area contributed by atoms with Crippen molar-refractivity contribution in [2.75, 3.05) is 5.32 Å². The van der Waals surface area contributed by atoms with Crippen LogP contribution >= 0.6 is 22.6 Å². The monoisotopic (exact) mass is 400 g/mol. The minimum Gasteiger partial charge on any atom is -0.373 e. The highest BCUT2D eigenvalue weighted by Gasteiger charge is 2.20. The van der Waals surface area contributed by atoms with E-state index < -0.39 is 10.7 Å². The van der Waals surface area contributed by atoms with Gasteiger partial charge in [-0.15, -0.1) is 0 Å². The molecule has 1 unspecified atom stereocenters. The molecule has 0 fully saturated rings. The van der Waals surface area contributed by atoms with Crippen molar-refractivity contribution in [3.8, 4) is 0 Å². The molecule has 0 spiro atoms. The summed E-state index contributed by atoms with van der Waals surface area (Å²) in [7, 11) is 0. The van der Waals surface area contributed by atoms with Gasteiger partial charge in [-0.1, -0.05) is 37.3 Å². The maximum absolute atomic E-state index is 13.7. The van der Waals surface area contributed by atoms with Gasteiger partial charge in [0.25, 0.3) is 5.69 Å². The lowest BCUT2D eigenvalue weighted by atomic mass is 10.0. The summed E-state index contributed by atoms with van der Waals surface area (Å²) in [5.74, 6) is -0.466. The van der Waals surface area contributed by atoms with E-state index in [1.54, 1.807) is 22.6 Å². The molecular weight excluding hydrogens is 386 g/mol. The van der Waals surface area contributed by atoms with Crippen molar-refractivity contribution in [3.05, 3.63) is 67.5 Å². The van der Waals surface area contributed by atoms with E-state index in [9.17, 15) is 14.5 Å². The molecule has 6 heteroatoms. The lowest BCUT2D eigenvalue weighted by Crippen LogP contribution is -2.11. The van der Waals surface area contributed by atoms with E-state index in [0.29, 0.717) is 0 Å². The van der Waals surface area contributed by atoms with Crippen LogP contribution in [-0.2, 0) is 0 Å². The van der Waals surface area contributed by atoms with Gasteiger partial charge >= 0.3 is 0 Å². The molecule has 21 heavy (non-hydrogen) atoms. The quantitative estimate of drug-likeness (QED) is 0.441. The average Bonchev–Trinajstić information content (AvgIpc) is 2.48. The van der Waals surface area contributed by atoms with Crippen LogP contribution in [0.2, 0.25) is 0 Å². The number of nitrogens with one attached hydrogen (secondary N) is 1. The van der Waals surface area contributed by atoms with Gasteiger partial charge < -0.3 is 5.32 Å². The Morgan fingerprint density at radius 2 is 2.00 bits per heavy atom. The van der Waals surface area contributed by atoms with Crippen LogP contribution in [0.1, 0.15) is 24.9 Å². The molecule has 0 aromatic heterocycles. The summed E-state index contributed by atoms with van der Waals surface area (Å²) in [5, 5.41) is 14.2. The van der Waals surface area contributed by atoms with Crippen LogP contribution < -0.4 is 5.32 Å². The fourth-order valence-corrected chi connectivity index (χ4v) is 2.55. The second kappa shape index (κ2) is 6.84. The number of rotatable bonds is 5. The van der Waals surface area contributed by atoms with Gasteiger partial charge in [-0.3, -0.25) is 10.1 Å². The number of hydrogen-bond acceptors (Lipinski definition) is 3. The first kappa shape index (κ1) is 15.7. The van der Waals surface area contributed by atoms with E-state index in [1.165, 1.54) is 12.1 Å². The Labute approximate surface area is 135 Å². The number of benzene rings is 2. The zero-order valence-electron chi connectivity index (χ0n) is 11.3. The molecular formula is C15H14FIN2O2. The Bertz CT molecular complexity index is 650. The van der Waals surface area contributed by atoms with Crippen molar-refractivity contribution in [1.82, 2.24) is 0 Å². The zero-order valence-corrected chi connectivity index (χ0v) is 13.5. The van der Waals surface area contributed by atoms with Gasteiger partial charge in [0.1, 0.15) is 11.5 Å². The topological polar surface area (TPSA) is 55.2 Å². The van der Waals surface area contributed by atoms with Crippen molar-refractivity contribution in [2.24, 2.45) is 0 Å². The van der Waals surface area contributed by atoms with Crippen LogP contribution in [-0.4, -0.2) is 4.92 Å². The third kappa shape index (κ3) is 3.69. The SMILES string of the molecule is CCC(Nc1cc(F)c(I)cc1[N+](=O)[O-])c1ccccc1. The zero-order chi connectivity index (χ0) is 15.4. The van der Waals surface area contributed by atoms with Crippen LogP contribution in [0.4, 0.5) is 15.8 Å². The van der Waals surface area contributed by atoms with Crippen molar-refractivity contribution >= 4 is 34.0 Å². The Morgan fingerprint density at radius 3 is 2.57 bits per heavy atom. The van der Waals surface area contributed by atoms with E-state index in [-0.39, 0.29) is 21.0 Å². The normalized spacial score (nSPS) is 12.0. The highest BCUT2D eigenvalue weighted by Crippen LogP contribution is 2.32. The molecule has 0 bridgehead atoms. The summed E-state index contributed by atoms with van der Waals surface area (Å²) in [4.78, 5) is 10.6. The summed E-state index contributed by atoms with van der Waals surface area (Å²) >= 11 is 1.75. The summed E-state index contributed by atoms with van der Waals surface area (Å²) in [6, 6.07) is 11.9. The number of nitro groups is 1. The maximum atomic E-state index is 13.7. The summed E-state index contributed by atoms with van der Waals surface area (Å²) in [6.07, 6.45) is 0.731. The first-order valence-electron chi connectivity index (χ1n) is 6.47. The van der Waals surface area contributed by atoms with E-state index >= 15 is 0 Å². The highest BCUT2D eigenvalue weighted by molar-refractivity contribution is 14.1. The molecule has 2 aromatic carbocycles. The van der Waals surface area contributed by atoms with Crippen molar-refractivity contribution in [3.63, 3.8) is 0 Å². The molecule has 0 aliphatic heterocycles. The van der Waals surface area contributed by atoms with E-state index in [4.69, 9.17) is 0 Å². The molecule has 0 saturated carbocycles. The van der Waals surface area contributed by atoms with Crippen LogP contribution in [0, 0.1) is 19.5 Å². The Hall–Kier alpha value is -1.70. The van der Waals surface area contributed by atoms with Crippen LogP contribution in [0.5, 0.6) is 0 Å². The van der Waals surface area contributed by atoms with Gasteiger partial charge in [-0.25, -0.2) is 4.39 Å². The van der Waals surface area contributed by atoms with E-state index in [1.807, 2.05) is 37.3 Å². The lowest BCUT2D eigenvalue weighted by Gasteiger charge is -2.19. The second-order valence-electron chi connectivity index (χ2n) is 4.56. The van der Waals surface area contributed by atoms with Crippen LogP contribution in [0.15, 0.2) is 42.5 Å². The molecule has 0 amide bonds. The molecule has 4 nitrogen and oxygen atoms in total. The Morgan fingerprint density at radius 1 is 1.33 bits per heavy atom. The highest BCUT2D eigenvalue weighted by atomic mass is 127. The maximum Gasteiger partial charge on any atom is 0.293 e. The number of nitro benzene ring substituents is 1. The molecule has 110 valence electrons. The third-order valence-corrected chi connectivity index (χ3v) is 4.00. The van der Waals surface area contributed by atoms with Crippen molar-refractivity contribution in [1.29, 1.82) is 0 Å². The first-order valence-corrected chi connectivity index (χ1v) is 7.55. The van der Waals surface area contributed by atoms with Gasteiger partial charge in [0, 0.05) is 12.1 Å². The van der Waals surface area contributed by atoms with Gasteiger partial charge in [0.2, 0.25) is 0 Å². The molecule has 0 aliphatic carbocycles. The molecule has 0 saturated heterocycles. The van der Waals surface area contributed by atoms with Gasteiger partial charge in [0.05, 0.1) is 14.5 Å².